The highest BCUT2D eigenvalue weighted by Crippen LogP contribution is 2.31. The molecule has 108 valence electrons. The standard InChI is InChI=1S/C17H14N4O/c18-14-7-4-10-20-17(14)21-15-8-2-1-5-12(15)13-6-3-9-19-16(13)11-22/h1-11H,18H2,(H,20,21). The molecule has 0 radical (unpaired) electrons. The van der Waals surface area contributed by atoms with Crippen molar-refractivity contribution in [3.63, 3.8) is 0 Å². The number of hydrogen-bond acceptors (Lipinski definition) is 5. The van der Waals surface area contributed by atoms with E-state index in [0.717, 1.165) is 23.1 Å². The second kappa shape index (κ2) is 6.05. The molecule has 0 fully saturated rings. The number of nitrogens with zero attached hydrogens (tertiary/aromatic N) is 2. The van der Waals surface area contributed by atoms with Gasteiger partial charge in [-0.2, -0.15) is 0 Å². The maximum absolute atomic E-state index is 11.2. The zero-order chi connectivity index (χ0) is 15.4. The van der Waals surface area contributed by atoms with E-state index in [1.807, 2.05) is 30.3 Å². The molecule has 2 heterocycles. The molecule has 1 aromatic carbocycles. The van der Waals surface area contributed by atoms with Gasteiger partial charge < -0.3 is 11.1 Å². The van der Waals surface area contributed by atoms with Crippen LogP contribution in [0, 0.1) is 0 Å². The molecule has 2 aromatic heterocycles. The molecule has 0 aliphatic heterocycles. The van der Waals surface area contributed by atoms with Gasteiger partial charge in [0.15, 0.2) is 12.1 Å². The minimum Gasteiger partial charge on any atom is -0.396 e. The molecule has 0 bridgehead atoms. The number of carbonyl (C=O) groups is 1. The van der Waals surface area contributed by atoms with E-state index < -0.39 is 0 Å². The number of carbonyl (C=O) groups excluding carboxylic acids is 1. The lowest BCUT2D eigenvalue weighted by Crippen LogP contribution is -2.01. The first kappa shape index (κ1) is 13.8. The molecule has 0 saturated carbocycles. The van der Waals surface area contributed by atoms with Crippen molar-refractivity contribution in [1.29, 1.82) is 0 Å². The van der Waals surface area contributed by atoms with Crippen LogP contribution >= 0.6 is 0 Å². The van der Waals surface area contributed by atoms with Crippen molar-refractivity contribution in [2.45, 2.75) is 0 Å². The number of rotatable bonds is 4. The van der Waals surface area contributed by atoms with Gasteiger partial charge in [0.1, 0.15) is 5.69 Å². The molecule has 0 spiro atoms. The van der Waals surface area contributed by atoms with Crippen LogP contribution in [0.25, 0.3) is 11.1 Å². The number of nitrogens with one attached hydrogen (secondary N) is 1. The monoisotopic (exact) mass is 290 g/mol. The van der Waals surface area contributed by atoms with E-state index in [1.165, 1.54) is 0 Å². The maximum Gasteiger partial charge on any atom is 0.169 e. The minimum atomic E-state index is 0.394. The Labute approximate surface area is 127 Å². The van der Waals surface area contributed by atoms with Gasteiger partial charge in [-0.1, -0.05) is 24.3 Å². The van der Waals surface area contributed by atoms with Crippen molar-refractivity contribution >= 4 is 23.5 Å². The summed E-state index contributed by atoms with van der Waals surface area (Å²) in [6.45, 7) is 0. The van der Waals surface area contributed by atoms with Gasteiger partial charge in [-0.15, -0.1) is 0 Å². The molecular formula is C17H14N4O. The molecule has 3 N–H and O–H groups in total. The summed E-state index contributed by atoms with van der Waals surface area (Å²) in [6.07, 6.45) is 4.02. The fraction of sp³-hybridized carbons (Fsp3) is 0. The molecule has 0 amide bonds. The number of benzene rings is 1. The van der Waals surface area contributed by atoms with E-state index in [4.69, 9.17) is 5.73 Å². The van der Waals surface area contributed by atoms with Crippen LogP contribution in [0.4, 0.5) is 17.2 Å². The first-order chi connectivity index (χ1) is 10.8. The van der Waals surface area contributed by atoms with Gasteiger partial charge >= 0.3 is 0 Å². The highest BCUT2D eigenvalue weighted by atomic mass is 16.1. The van der Waals surface area contributed by atoms with Crippen LogP contribution in [0.2, 0.25) is 0 Å². The fourth-order valence-electron chi connectivity index (χ4n) is 2.22. The summed E-state index contributed by atoms with van der Waals surface area (Å²) in [5.41, 5.74) is 9.30. The highest BCUT2D eigenvalue weighted by molar-refractivity contribution is 5.91. The third kappa shape index (κ3) is 2.64. The average molecular weight is 290 g/mol. The van der Waals surface area contributed by atoms with Gasteiger partial charge in [-0.05, 0) is 24.3 Å². The van der Waals surface area contributed by atoms with Crippen LogP contribution in [0.5, 0.6) is 0 Å². The zero-order valence-corrected chi connectivity index (χ0v) is 11.7. The Kier molecular flexibility index (Phi) is 3.78. The topological polar surface area (TPSA) is 80.9 Å². The highest BCUT2D eigenvalue weighted by Gasteiger charge is 2.11. The summed E-state index contributed by atoms with van der Waals surface area (Å²) >= 11 is 0. The molecule has 22 heavy (non-hydrogen) atoms. The summed E-state index contributed by atoms with van der Waals surface area (Å²) in [4.78, 5) is 19.5. The second-order valence-corrected chi connectivity index (χ2v) is 4.67. The summed E-state index contributed by atoms with van der Waals surface area (Å²) < 4.78 is 0. The fourth-order valence-corrected chi connectivity index (χ4v) is 2.22. The van der Waals surface area contributed by atoms with E-state index in [2.05, 4.69) is 15.3 Å². The first-order valence-corrected chi connectivity index (χ1v) is 6.76. The first-order valence-electron chi connectivity index (χ1n) is 6.76. The molecule has 5 heteroatoms. The number of anilines is 3. The van der Waals surface area contributed by atoms with Crippen molar-refractivity contribution < 1.29 is 4.79 Å². The van der Waals surface area contributed by atoms with Crippen LogP contribution in [0.3, 0.4) is 0 Å². The lowest BCUT2D eigenvalue weighted by molar-refractivity contribution is 0.111. The van der Waals surface area contributed by atoms with Crippen molar-refractivity contribution in [2.24, 2.45) is 0 Å². The summed E-state index contributed by atoms with van der Waals surface area (Å²) in [7, 11) is 0. The lowest BCUT2D eigenvalue weighted by Gasteiger charge is -2.13. The van der Waals surface area contributed by atoms with Crippen molar-refractivity contribution in [1.82, 2.24) is 9.97 Å². The molecule has 0 saturated heterocycles. The molecule has 5 nitrogen and oxygen atoms in total. The van der Waals surface area contributed by atoms with Crippen molar-refractivity contribution in [2.75, 3.05) is 11.1 Å². The predicted molar refractivity (Wildman–Crippen MR) is 87.0 cm³/mol. The predicted octanol–water partition coefficient (Wildman–Crippen LogP) is 3.28. The molecule has 3 rings (SSSR count). The van der Waals surface area contributed by atoms with E-state index in [1.54, 1.807) is 30.6 Å². The van der Waals surface area contributed by atoms with Crippen LogP contribution < -0.4 is 11.1 Å². The largest absolute Gasteiger partial charge is 0.396 e. The Morgan fingerprint density at radius 1 is 0.909 bits per heavy atom. The third-order valence-corrected chi connectivity index (χ3v) is 3.26. The van der Waals surface area contributed by atoms with Crippen LogP contribution in [0.15, 0.2) is 60.9 Å². The van der Waals surface area contributed by atoms with Gasteiger partial charge in [-0.3, -0.25) is 9.78 Å². The smallest absolute Gasteiger partial charge is 0.169 e. The van der Waals surface area contributed by atoms with E-state index in [9.17, 15) is 4.79 Å². The number of pyridine rings is 2. The number of aldehydes is 1. The summed E-state index contributed by atoms with van der Waals surface area (Å²) in [6, 6.07) is 14.9. The summed E-state index contributed by atoms with van der Waals surface area (Å²) in [5.74, 6) is 0.575. The Morgan fingerprint density at radius 2 is 1.64 bits per heavy atom. The summed E-state index contributed by atoms with van der Waals surface area (Å²) in [5, 5.41) is 3.21. The maximum atomic E-state index is 11.2. The van der Waals surface area contributed by atoms with Gasteiger partial charge in [0.25, 0.3) is 0 Å². The second-order valence-electron chi connectivity index (χ2n) is 4.67. The van der Waals surface area contributed by atoms with Crippen molar-refractivity contribution in [3.8, 4) is 11.1 Å². The quantitative estimate of drug-likeness (QED) is 0.721. The van der Waals surface area contributed by atoms with Crippen molar-refractivity contribution in [3.05, 3.63) is 66.6 Å². The van der Waals surface area contributed by atoms with Gasteiger partial charge in [0, 0.05) is 29.2 Å². The van der Waals surface area contributed by atoms with Gasteiger partial charge in [0.2, 0.25) is 0 Å². The SMILES string of the molecule is Nc1cccnc1Nc1ccccc1-c1cccnc1C=O. The molecule has 0 unspecified atom stereocenters. The molecular weight excluding hydrogens is 276 g/mol. The lowest BCUT2D eigenvalue weighted by atomic mass is 10.0. The third-order valence-electron chi connectivity index (χ3n) is 3.26. The van der Waals surface area contributed by atoms with E-state index in [-0.39, 0.29) is 0 Å². The zero-order valence-electron chi connectivity index (χ0n) is 11.7. The average Bonchev–Trinajstić information content (AvgIpc) is 2.57. The molecule has 0 atom stereocenters. The number of hydrogen-bond donors (Lipinski definition) is 2. The van der Waals surface area contributed by atoms with Gasteiger partial charge in [0.05, 0.1) is 5.69 Å². The molecule has 3 aromatic rings. The minimum absolute atomic E-state index is 0.394. The molecule has 0 aliphatic rings. The van der Waals surface area contributed by atoms with Crippen LogP contribution in [-0.4, -0.2) is 16.3 Å². The number of nitrogens with two attached hydrogens (primary N) is 1. The molecule has 0 aliphatic carbocycles. The number of nitrogen functional groups attached to an aromatic ring is 1. The number of aromatic nitrogens is 2. The van der Waals surface area contributed by atoms with E-state index in [0.29, 0.717) is 17.2 Å². The van der Waals surface area contributed by atoms with E-state index >= 15 is 0 Å². The van der Waals surface area contributed by atoms with Gasteiger partial charge in [-0.25, -0.2) is 4.98 Å². The normalized spacial score (nSPS) is 10.2. The number of para-hydroxylation sites is 1. The van der Waals surface area contributed by atoms with Crippen LogP contribution in [-0.2, 0) is 0 Å². The Balaban J connectivity index is 2.08. The Hall–Kier alpha value is -3.21. The Bertz CT molecular complexity index is 817. The Morgan fingerprint density at radius 3 is 2.45 bits per heavy atom. The van der Waals surface area contributed by atoms with Crippen LogP contribution in [0.1, 0.15) is 10.5 Å².